The highest BCUT2D eigenvalue weighted by Gasteiger charge is 2.56. The minimum absolute atomic E-state index is 0.196. The van der Waals surface area contributed by atoms with Crippen molar-refractivity contribution in [1.29, 1.82) is 0 Å². The van der Waals surface area contributed by atoms with Crippen molar-refractivity contribution in [1.82, 2.24) is 9.97 Å². The van der Waals surface area contributed by atoms with Crippen LogP contribution in [0.15, 0.2) is 60.9 Å². The van der Waals surface area contributed by atoms with Gasteiger partial charge in [0, 0.05) is 35.7 Å². The number of rotatable bonds is 4. The van der Waals surface area contributed by atoms with Crippen molar-refractivity contribution in [2.45, 2.75) is 37.5 Å². The summed E-state index contributed by atoms with van der Waals surface area (Å²) >= 11 is 0. The zero-order chi connectivity index (χ0) is 26.0. The monoisotopic (exact) mass is 512 g/mol. The van der Waals surface area contributed by atoms with Gasteiger partial charge in [-0.2, -0.15) is 0 Å². The van der Waals surface area contributed by atoms with Crippen molar-refractivity contribution >= 4 is 28.1 Å². The van der Waals surface area contributed by atoms with Crippen LogP contribution in [-0.4, -0.2) is 28.0 Å². The van der Waals surface area contributed by atoms with Crippen molar-refractivity contribution in [2.24, 2.45) is 35.5 Å². The summed E-state index contributed by atoms with van der Waals surface area (Å²) in [5.74, 6) is 3.89. The van der Waals surface area contributed by atoms with Gasteiger partial charge in [0.15, 0.2) is 0 Å². The Morgan fingerprint density at radius 1 is 0.737 bits per heavy atom. The van der Waals surface area contributed by atoms with E-state index in [2.05, 4.69) is 9.97 Å². The van der Waals surface area contributed by atoms with Gasteiger partial charge in [-0.15, -0.1) is 0 Å². The van der Waals surface area contributed by atoms with E-state index in [4.69, 9.17) is 0 Å². The molecule has 4 fully saturated rings. The Balaban J connectivity index is 0.000000127. The lowest BCUT2D eigenvalue weighted by molar-refractivity contribution is -0.109. The minimum Gasteiger partial charge on any atom is -0.396 e. The fourth-order valence-corrected chi connectivity index (χ4v) is 7.84. The van der Waals surface area contributed by atoms with Crippen LogP contribution in [0.3, 0.4) is 0 Å². The number of fused-ring (bicyclic) bond motifs is 4. The van der Waals surface area contributed by atoms with E-state index in [9.17, 15) is 18.7 Å². The van der Waals surface area contributed by atoms with Crippen LogP contribution >= 0.6 is 0 Å². The van der Waals surface area contributed by atoms with Gasteiger partial charge in [-0.1, -0.05) is 0 Å². The van der Waals surface area contributed by atoms with Gasteiger partial charge < -0.3 is 9.90 Å². The first-order valence-corrected chi connectivity index (χ1v) is 13.7. The van der Waals surface area contributed by atoms with Crippen LogP contribution in [0.4, 0.5) is 8.78 Å². The molecule has 2 heterocycles. The minimum atomic E-state index is -0.212. The molecule has 2 aromatic carbocycles. The third kappa shape index (κ3) is 4.01. The summed E-state index contributed by atoms with van der Waals surface area (Å²) < 4.78 is 26.9. The molecule has 6 heteroatoms. The van der Waals surface area contributed by atoms with E-state index in [1.54, 1.807) is 30.5 Å². The number of hydrogen-bond acceptors (Lipinski definition) is 4. The lowest BCUT2D eigenvalue weighted by Gasteiger charge is -2.16. The zero-order valence-corrected chi connectivity index (χ0v) is 21.0. The zero-order valence-electron chi connectivity index (χ0n) is 21.0. The van der Waals surface area contributed by atoms with Gasteiger partial charge in [0.25, 0.3) is 0 Å². The first-order valence-electron chi connectivity index (χ1n) is 13.7. The second-order valence-electron chi connectivity index (χ2n) is 11.7. The van der Waals surface area contributed by atoms with Gasteiger partial charge >= 0.3 is 0 Å². The number of benzene rings is 2. The third-order valence-electron chi connectivity index (χ3n) is 9.86. The second kappa shape index (κ2) is 9.19. The maximum absolute atomic E-state index is 13.4. The number of pyridine rings is 2. The molecule has 0 amide bonds. The molecule has 38 heavy (non-hydrogen) atoms. The first-order chi connectivity index (χ1) is 18.6. The maximum Gasteiger partial charge on any atom is 0.123 e. The van der Waals surface area contributed by atoms with E-state index in [0.717, 1.165) is 53.8 Å². The Kier molecular flexibility index (Phi) is 5.77. The van der Waals surface area contributed by atoms with Gasteiger partial charge in [-0.3, -0.25) is 9.97 Å². The molecular formula is C32H30F2N2O2. The average molecular weight is 513 g/mol. The molecule has 4 aromatic rings. The fraction of sp³-hybridized carbons (Fsp3) is 0.406. The summed E-state index contributed by atoms with van der Waals surface area (Å²) in [6, 6.07) is 13.6. The molecule has 0 saturated heterocycles. The number of carbonyl (C=O) groups excluding carboxylic acids is 1. The number of carbonyl (C=O) groups is 1. The molecule has 0 spiro atoms. The standard InChI is InChI=1S/C16H16FNO.C16H14FNO/c2*17-10-1-2-16-14(7-10)11(3-4-18-16)9-5-12-13(6-9)15(12)8-19/h1-4,7,9,12-13,15,19H,5-6,8H2;1-4,7-9,12-13,15H,5-6H2/t2*9?,12-,13+,15?. The fourth-order valence-electron chi connectivity index (χ4n) is 7.84. The van der Waals surface area contributed by atoms with Gasteiger partial charge in [0.05, 0.1) is 11.0 Å². The van der Waals surface area contributed by atoms with Gasteiger partial charge in [-0.05, 0) is 127 Å². The molecule has 8 atom stereocenters. The number of aldehydes is 1. The van der Waals surface area contributed by atoms with Crippen molar-refractivity contribution in [3.63, 3.8) is 0 Å². The number of hydrogen-bond donors (Lipinski definition) is 1. The number of aromatic nitrogens is 2. The van der Waals surface area contributed by atoms with Crippen LogP contribution in [-0.2, 0) is 4.79 Å². The largest absolute Gasteiger partial charge is 0.396 e. The van der Waals surface area contributed by atoms with E-state index in [-0.39, 0.29) is 11.6 Å². The SMILES string of the molecule is O=CC1[C@H]2CC(c3ccnc4ccc(F)cc34)C[C@@H]12.OCC1[C@H]2CC(c3ccnc4ccc(F)cc34)C[C@@H]12. The molecule has 0 bridgehead atoms. The molecule has 194 valence electrons. The van der Waals surface area contributed by atoms with E-state index in [1.165, 1.54) is 23.3 Å². The Morgan fingerprint density at radius 3 is 1.66 bits per heavy atom. The topological polar surface area (TPSA) is 63.1 Å². The highest BCUT2D eigenvalue weighted by atomic mass is 19.1. The second-order valence-corrected chi connectivity index (χ2v) is 11.7. The van der Waals surface area contributed by atoms with Crippen LogP contribution in [0.1, 0.15) is 48.6 Å². The number of aliphatic hydroxyl groups excluding tert-OH is 1. The summed E-state index contributed by atoms with van der Waals surface area (Å²) in [7, 11) is 0. The Hall–Kier alpha value is -3.25. The molecule has 4 unspecified atom stereocenters. The molecule has 8 rings (SSSR count). The normalized spacial score (nSPS) is 32.4. The Morgan fingerprint density at radius 2 is 1.21 bits per heavy atom. The highest BCUT2D eigenvalue weighted by Crippen LogP contribution is 2.62. The smallest absolute Gasteiger partial charge is 0.123 e. The van der Waals surface area contributed by atoms with Crippen LogP contribution in [0.2, 0.25) is 0 Å². The third-order valence-corrected chi connectivity index (χ3v) is 9.86. The van der Waals surface area contributed by atoms with E-state index >= 15 is 0 Å². The molecule has 4 aliphatic carbocycles. The molecule has 0 aliphatic heterocycles. The Labute approximate surface area is 220 Å². The molecule has 2 aromatic heterocycles. The predicted octanol–water partition coefficient (Wildman–Crippen LogP) is 6.42. The summed E-state index contributed by atoms with van der Waals surface area (Å²) in [6.45, 7) is 0.327. The van der Waals surface area contributed by atoms with Crippen molar-refractivity contribution in [2.75, 3.05) is 6.61 Å². The van der Waals surface area contributed by atoms with Crippen LogP contribution in [0.5, 0.6) is 0 Å². The lowest BCUT2D eigenvalue weighted by atomic mass is 9.90. The summed E-state index contributed by atoms with van der Waals surface area (Å²) in [6.07, 6.45) is 9.11. The lowest BCUT2D eigenvalue weighted by Crippen LogP contribution is -2.03. The van der Waals surface area contributed by atoms with Gasteiger partial charge in [0.1, 0.15) is 17.9 Å². The van der Waals surface area contributed by atoms with Gasteiger partial charge in [0.2, 0.25) is 0 Å². The Bertz CT molecular complexity index is 1520. The molecule has 4 saturated carbocycles. The van der Waals surface area contributed by atoms with E-state index in [1.807, 2.05) is 18.3 Å². The van der Waals surface area contributed by atoms with Crippen LogP contribution in [0.25, 0.3) is 21.8 Å². The number of nitrogens with zero attached hydrogens (tertiary/aromatic N) is 2. The van der Waals surface area contributed by atoms with Crippen LogP contribution < -0.4 is 0 Å². The summed E-state index contributed by atoms with van der Waals surface area (Å²) in [5, 5.41) is 11.1. The number of halogens is 2. The van der Waals surface area contributed by atoms with E-state index in [0.29, 0.717) is 54.0 Å². The summed E-state index contributed by atoms with van der Waals surface area (Å²) in [4.78, 5) is 19.4. The molecule has 4 nitrogen and oxygen atoms in total. The summed E-state index contributed by atoms with van der Waals surface area (Å²) in [5.41, 5.74) is 4.15. The van der Waals surface area contributed by atoms with Crippen molar-refractivity contribution in [3.05, 3.63) is 83.7 Å². The first kappa shape index (κ1) is 23.8. The number of aliphatic hydroxyl groups is 1. The van der Waals surface area contributed by atoms with Crippen LogP contribution in [0, 0.1) is 47.1 Å². The molecule has 1 N–H and O–H groups in total. The quantitative estimate of drug-likeness (QED) is 0.321. The van der Waals surface area contributed by atoms with E-state index < -0.39 is 0 Å². The average Bonchev–Trinajstić information content (AvgIpc) is 3.63. The maximum atomic E-state index is 13.4. The van der Waals surface area contributed by atoms with Gasteiger partial charge in [-0.25, -0.2) is 8.78 Å². The molecular weight excluding hydrogens is 482 g/mol. The van der Waals surface area contributed by atoms with Crippen molar-refractivity contribution in [3.8, 4) is 0 Å². The molecule has 4 aliphatic rings. The highest BCUT2D eigenvalue weighted by molar-refractivity contribution is 5.83. The molecule has 0 radical (unpaired) electrons. The predicted molar refractivity (Wildman–Crippen MR) is 141 cm³/mol. The van der Waals surface area contributed by atoms with Crippen molar-refractivity contribution < 1.29 is 18.7 Å².